The van der Waals surface area contributed by atoms with Crippen LogP contribution in [0.3, 0.4) is 0 Å². The second-order valence-corrected chi connectivity index (χ2v) is 4.34. The summed E-state index contributed by atoms with van der Waals surface area (Å²) in [5.74, 6) is -1.51. The Hall–Kier alpha value is -1.00. The third kappa shape index (κ3) is 2.57. The number of nitrogens with one attached hydrogen (secondary N) is 1. The van der Waals surface area contributed by atoms with E-state index < -0.39 is 11.6 Å². The van der Waals surface area contributed by atoms with Gasteiger partial charge in [0.25, 0.3) is 0 Å². The largest absolute Gasteiger partial charge is 0.308 e. The van der Waals surface area contributed by atoms with Gasteiger partial charge in [-0.05, 0) is 26.1 Å². The molecule has 1 heterocycles. The van der Waals surface area contributed by atoms with E-state index in [1.807, 2.05) is 0 Å². The Morgan fingerprint density at radius 2 is 2.25 bits per heavy atom. The second kappa shape index (κ2) is 4.89. The van der Waals surface area contributed by atoms with Crippen molar-refractivity contribution in [1.29, 1.82) is 0 Å². The Morgan fingerprint density at radius 1 is 1.44 bits per heavy atom. The fourth-order valence-electron chi connectivity index (χ4n) is 2.04. The molecule has 4 heteroatoms. The van der Waals surface area contributed by atoms with Crippen molar-refractivity contribution in [2.24, 2.45) is 0 Å². The molecule has 16 heavy (non-hydrogen) atoms. The minimum atomic E-state index is -0.775. The lowest BCUT2D eigenvalue weighted by molar-refractivity contribution is 0.396. The van der Waals surface area contributed by atoms with Crippen molar-refractivity contribution >= 4 is 0 Å². The Morgan fingerprint density at radius 3 is 2.94 bits per heavy atom. The van der Waals surface area contributed by atoms with Gasteiger partial charge in [-0.2, -0.15) is 0 Å². The molecule has 2 rings (SSSR count). The third-order valence-corrected chi connectivity index (χ3v) is 3.00. The van der Waals surface area contributed by atoms with Crippen molar-refractivity contribution in [2.75, 3.05) is 20.1 Å². The van der Waals surface area contributed by atoms with Crippen molar-refractivity contribution in [3.05, 3.63) is 35.4 Å². The predicted octanol–water partition coefficient (Wildman–Crippen LogP) is 1.76. The predicted molar refractivity (Wildman–Crippen MR) is 59.1 cm³/mol. The summed E-state index contributed by atoms with van der Waals surface area (Å²) in [6.45, 7) is 2.42. The van der Waals surface area contributed by atoms with Gasteiger partial charge >= 0.3 is 0 Å². The highest BCUT2D eigenvalue weighted by atomic mass is 19.2. The third-order valence-electron chi connectivity index (χ3n) is 3.00. The van der Waals surface area contributed by atoms with E-state index in [0.717, 1.165) is 25.6 Å². The molecule has 0 aromatic heterocycles. The summed E-state index contributed by atoms with van der Waals surface area (Å²) in [5, 5.41) is 3.25. The van der Waals surface area contributed by atoms with Crippen molar-refractivity contribution in [1.82, 2.24) is 10.2 Å². The first-order valence-corrected chi connectivity index (χ1v) is 5.51. The minimum absolute atomic E-state index is 0.382. The fourth-order valence-corrected chi connectivity index (χ4v) is 2.04. The van der Waals surface area contributed by atoms with Gasteiger partial charge in [0.2, 0.25) is 0 Å². The molecule has 1 N–H and O–H groups in total. The van der Waals surface area contributed by atoms with Gasteiger partial charge in [0, 0.05) is 24.7 Å². The molecule has 1 aromatic rings. The molecule has 0 bridgehead atoms. The molecule has 1 fully saturated rings. The first-order valence-electron chi connectivity index (χ1n) is 5.51. The lowest BCUT2D eigenvalue weighted by Gasteiger charge is -2.13. The summed E-state index contributed by atoms with van der Waals surface area (Å²) in [6, 6.07) is 4.68. The van der Waals surface area contributed by atoms with Gasteiger partial charge in [-0.15, -0.1) is 0 Å². The maximum Gasteiger partial charge on any atom is 0.163 e. The Bertz CT molecular complexity index is 368. The molecule has 0 saturated carbocycles. The van der Waals surface area contributed by atoms with E-state index in [4.69, 9.17) is 0 Å². The average molecular weight is 226 g/mol. The summed E-state index contributed by atoms with van der Waals surface area (Å²) in [6.07, 6.45) is 1.06. The highest BCUT2D eigenvalue weighted by Crippen LogP contribution is 2.12. The monoisotopic (exact) mass is 226 g/mol. The average Bonchev–Trinajstić information content (AvgIpc) is 2.67. The second-order valence-electron chi connectivity index (χ2n) is 4.34. The number of rotatable bonds is 3. The van der Waals surface area contributed by atoms with Crippen LogP contribution in [0.15, 0.2) is 18.2 Å². The van der Waals surface area contributed by atoms with Crippen LogP contribution in [0.4, 0.5) is 8.78 Å². The summed E-state index contributed by atoms with van der Waals surface area (Å²) in [4.78, 5) is 2.22. The van der Waals surface area contributed by atoms with Crippen LogP contribution in [0.25, 0.3) is 0 Å². The Balaban J connectivity index is 1.92. The van der Waals surface area contributed by atoms with E-state index in [2.05, 4.69) is 17.3 Å². The van der Waals surface area contributed by atoms with Crippen LogP contribution in [0.5, 0.6) is 0 Å². The smallest absolute Gasteiger partial charge is 0.163 e. The minimum Gasteiger partial charge on any atom is -0.308 e. The molecule has 88 valence electrons. The molecule has 0 radical (unpaired) electrons. The number of nitrogens with zero attached hydrogens (tertiary/aromatic N) is 1. The summed E-state index contributed by atoms with van der Waals surface area (Å²) >= 11 is 0. The van der Waals surface area contributed by atoms with Crippen LogP contribution in [-0.4, -0.2) is 31.1 Å². The van der Waals surface area contributed by atoms with Gasteiger partial charge in [0.05, 0.1) is 0 Å². The summed E-state index contributed by atoms with van der Waals surface area (Å²) < 4.78 is 26.3. The number of hydrogen-bond donors (Lipinski definition) is 1. The van der Waals surface area contributed by atoms with Crippen LogP contribution in [0.2, 0.25) is 0 Å². The first-order chi connectivity index (χ1) is 7.66. The van der Waals surface area contributed by atoms with E-state index in [1.165, 1.54) is 6.07 Å². The molecule has 1 unspecified atom stereocenters. The van der Waals surface area contributed by atoms with E-state index in [0.29, 0.717) is 18.2 Å². The molecular weight excluding hydrogens is 210 g/mol. The molecular formula is C12H16F2N2. The number of hydrogen-bond acceptors (Lipinski definition) is 2. The van der Waals surface area contributed by atoms with Gasteiger partial charge in [0.1, 0.15) is 0 Å². The maximum atomic E-state index is 13.3. The lowest BCUT2D eigenvalue weighted by Crippen LogP contribution is -2.31. The molecule has 1 aliphatic rings. The van der Waals surface area contributed by atoms with Crippen LogP contribution in [0, 0.1) is 11.6 Å². The molecule has 1 saturated heterocycles. The number of likely N-dealkylation sites (tertiary alicyclic amines) is 1. The zero-order chi connectivity index (χ0) is 11.5. The summed E-state index contributed by atoms with van der Waals surface area (Å²) in [7, 11) is 2.06. The van der Waals surface area contributed by atoms with Crippen molar-refractivity contribution in [3.63, 3.8) is 0 Å². The zero-order valence-electron chi connectivity index (χ0n) is 9.34. The highest BCUT2D eigenvalue weighted by Gasteiger charge is 2.19. The molecule has 1 aliphatic heterocycles. The highest BCUT2D eigenvalue weighted by molar-refractivity contribution is 5.18. The van der Waals surface area contributed by atoms with Gasteiger partial charge in [0.15, 0.2) is 11.6 Å². The molecule has 1 aromatic carbocycles. The van der Waals surface area contributed by atoms with Crippen LogP contribution >= 0.6 is 0 Å². The molecule has 1 atom stereocenters. The Kier molecular flexibility index (Phi) is 3.51. The zero-order valence-corrected chi connectivity index (χ0v) is 9.34. The topological polar surface area (TPSA) is 15.3 Å². The van der Waals surface area contributed by atoms with Gasteiger partial charge < -0.3 is 10.2 Å². The van der Waals surface area contributed by atoms with Crippen LogP contribution < -0.4 is 5.32 Å². The molecule has 0 aliphatic carbocycles. The quantitative estimate of drug-likeness (QED) is 0.844. The fraction of sp³-hybridized carbons (Fsp3) is 0.500. The molecule has 0 spiro atoms. The number of halogens is 2. The molecule has 2 nitrogen and oxygen atoms in total. The number of benzene rings is 1. The van der Waals surface area contributed by atoms with Crippen molar-refractivity contribution in [3.8, 4) is 0 Å². The van der Waals surface area contributed by atoms with Crippen molar-refractivity contribution in [2.45, 2.75) is 19.0 Å². The first kappa shape index (κ1) is 11.5. The Labute approximate surface area is 94.3 Å². The summed E-state index contributed by atoms with van der Waals surface area (Å²) in [5.41, 5.74) is 0.398. The number of likely N-dealkylation sites (N-methyl/N-ethyl adjacent to an activating group) is 1. The van der Waals surface area contributed by atoms with Crippen LogP contribution in [0.1, 0.15) is 12.0 Å². The van der Waals surface area contributed by atoms with Gasteiger partial charge in [-0.25, -0.2) is 8.78 Å². The molecule has 0 amide bonds. The van der Waals surface area contributed by atoms with E-state index in [-0.39, 0.29) is 0 Å². The van der Waals surface area contributed by atoms with E-state index in [1.54, 1.807) is 6.07 Å². The van der Waals surface area contributed by atoms with Gasteiger partial charge in [-0.3, -0.25) is 0 Å². The normalized spacial score (nSPS) is 21.6. The standard InChI is InChI=1S/C12H16F2N2/c1-16-6-5-10(8-16)15-7-9-3-2-4-11(13)12(9)14/h2-4,10,15H,5-8H2,1H3. The van der Waals surface area contributed by atoms with Gasteiger partial charge in [-0.1, -0.05) is 12.1 Å². The van der Waals surface area contributed by atoms with E-state index in [9.17, 15) is 8.78 Å². The maximum absolute atomic E-state index is 13.3. The van der Waals surface area contributed by atoms with Crippen molar-refractivity contribution < 1.29 is 8.78 Å². The van der Waals surface area contributed by atoms with E-state index >= 15 is 0 Å². The lowest BCUT2D eigenvalue weighted by atomic mass is 10.2. The SMILES string of the molecule is CN1CCC(NCc2cccc(F)c2F)C1. The van der Waals surface area contributed by atoms with Crippen LogP contribution in [-0.2, 0) is 6.54 Å².